The van der Waals surface area contributed by atoms with Gasteiger partial charge in [-0.25, -0.2) is 0 Å². The quantitative estimate of drug-likeness (QED) is 0.150. The first-order valence-corrected chi connectivity index (χ1v) is 13.3. The van der Waals surface area contributed by atoms with Gasteiger partial charge in [0.15, 0.2) is 24.1 Å². The van der Waals surface area contributed by atoms with Crippen molar-refractivity contribution in [2.45, 2.75) is 65.2 Å². The van der Waals surface area contributed by atoms with Crippen LogP contribution in [0.15, 0.2) is 60.7 Å². The number of carbonyl (C=O) groups is 2. The molecule has 3 aromatic carbocycles. The molecule has 3 rings (SSSR count). The van der Waals surface area contributed by atoms with E-state index >= 15 is 0 Å². The second-order valence-electron chi connectivity index (χ2n) is 9.04. The molecule has 0 N–H and O–H groups in total. The molecular formula is C32H38O4. The van der Waals surface area contributed by atoms with Crippen molar-refractivity contribution in [2.75, 3.05) is 13.2 Å². The van der Waals surface area contributed by atoms with Crippen molar-refractivity contribution in [1.82, 2.24) is 0 Å². The molecule has 0 aromatic heterocycles. The van der Waals surface area contributed by atoms with E-state index in [0.717, 1.165) is 80.6 Å². The van der Waals surface area contributed by atoms with Gasteiger partial charge in [-0.2, -0.15) is 0 Å². The molecule has 0 heterocycles. The van der Waals surface area contributed by atoms with Crippen LogP contribution in [-0.2, 0) is 0 Å². The van der Waals surface area contributed by atoms with Gasteiger partial charge in [0.05, 0.1) is 18.8 Å². The molecule has 4 nitrogen and oxygen atoms in total. The van der Waals surface area contributed by atoms with E-state index in [1.165, 1.54) is 0 Å². The van der Waals surface area contributed by atoms with E-state index in [-0.39, 0.29) is 5.56 Å². The van der Waals surface area contributed by atoms with Gasteiger partial charge < -0.3 is 9.47 Å². The Kier molecular flexibility index (Phi) is 11.2. The fraction of sp³-hybridized carbons (Fsp3) is 0.375. The van der Waals surface area contributed by atoms with Gasteiger partial charge in [0.2, 0.25) is 0 Å². The summed E-state index contributed by atoms with van der Waals surface area (Å²) in [6.07, 6.45) is 10.0. The minimum atomic E-state index is 0.254. The highest BCUT2D eigenvalue weighted by Gasteiger charge is 2.22. The maximum Gasteiger partial charge on any atom is 0.172 e. The lowest BCUT2D eigenvalue weighted by molar-refractivity contribution is 0.109. The number of unbranched alkanes of at least 4 members (excludes halogenated alkanes) is 6. The Hall–Kier alpha value is -3.40. The summed E-state index contributed by atoms with van der Waals surface area (Å²) in [5.74, 6) is 0.896. The lowest BCUT2D eigenvalue weighted by Crippen LogP contribution is -2.08. The van der Waals surface area contributed by atoms with Crippen LogP contribution in [0.3, 0.4) is 0 Å². The standard InChI is InChI=1S/C32H38O4/c1-3-5-7-14-20-35-31-22-28(27-19-13-12-18-26(27)25-16-10-9-11-17-25)29(23-33)30(24-34)32(31)36-21-15-8-6-4-2/h9-13,16-19,22-24H,3-8,14-15,20-21H2,1-2H3. The monoisotopic (exact) mass is 486 g/mol. The van der Waals surface area contributed by atoms with Crippen molar-refractivity contribution >= 4 is 12.6 Å². The molecule has 0 fully saturated rings. The summed E-state index contributed by atoms with van der Waals surface area (Å²) in [4.78, 5) is 24.7. The van der Waals surface area contributed by atoms with Crippen molar-refractivity contribution in [1.29, 1.82) is 0 Å². The summed E-state index contributed by atoms with van der Waals surface area (Å²) in [7, 11) is 0. The average molecular weight is 487 g/mol. The highest BCUT2D eigenvalue weighted by molar-refractivity contribution is 6.03. The summed E-state index contributed by atoms with van der Waals surface area (Å²) in [6.45, 7) is 5.35. The molecule has 0 atom stereocenters. The molecule has 0 saturated carbocycles. The summed E-state index contributed by atoms with van der Waals surface area (Å²) in [6, 6.07) is 19.8. The SMILES string of the molecule is CCCCCCOc1cc(-c2ccccc2-c2ccccc2)c(C=O)c(C=O)c1OCCCCCC. The molecule has 4 heteroatoms. The molecule has 0 spiro atoms. The molecule has 0 unspecified atom stereocenters. The van der Waals surface area contributed by atoms with Gasteiger partial charge in [-0.15, -0.1) is 0 Å². The maximum absolute atomic E-state index is 12.4. The molecule has 36 heavy (non-hydrogen) atoms. The number of hydrogen-bond donors (Lipinski definition) is 0. The Morgan fingerprint density at radius 3 is 1.81 bits per heavy atom. The zero-order chi connectivity index (χ0) is 25.6. The number of aldehydes is 2. The van der Waals surface area contributed by atoms with Gasteiger partial charge >= 0.3 is 0 Å². The molecule has 0 aliphatic heterocycles. The largest absolute Gasteiger partial charge is 0.490 e. The van der Waals surface area contributed by atoms with Crippen LogP contribution < -0.4 is 9.47 Å². The van der Waals surface area contributed by atoms with Crippen LogP contribution in [0.1, 0.15) is 85.9 Å². The summed E-state index contributed by atoms with van der Waals surface area (Å²) in [5, 5.41) is 0. The second kappa shape index (κ2) is 14.9. The van der Waals surface area contributed by atoms with Crippen molar-refractivity contribution in [3.8, 4) is 33.8 Å². The van der Waals surface area contributed by atoms with E-state index in [1.807, 2.05) is 60.7 Å². The summed E-state index contributed by atoms with van der Waals surface area (Å²) in [5.41, 5.74) is 4.16. The van der Waals surface area contributed by atoms with Gasteiger partial charge in [0.25, 0.3) is 0 Å². The van der Waals surface area contributed by atoms with Gasteiger partial charge in [-0.1, -0.05) is 107 Å². The van der Waals surface area contributed by atoms with E-state index in [1.54, 1.807) is 0 Å². The lowest BCUT2D eigenvalue weighted by atomic mass is 9.89. The molecule has 0 bridgehead atoms. The third kappa shape index (κ3) is 7.07. The molecule has 3 aromatic rings. The fourth-order valence-corrected chi connectivity index (χ4v) is 4.40. The topological polar surface area (TPSA) is 52.6 Å². The minimum absolute atomic E-state index is 0.254. The Morgan fingerprint density at radius 2 is 1.19 bits per heavy atom. The summed E-state index contributed by atoms with van der Waals surface area (Å²) >= 11 is 0. The van der Waals surface area contributed by atoms with Crippen LogP contribution in [0, 0.1) is 0 Å². The number of benzene rings is 3. The summed E-state index contributed by atoms with van der Waals surface area (Å²) < 4.78 is 12.3. The van der Waals surface area contributed by atoms with E-state index in [4.69, 9.17) is 9.47 Å². The van der Waals surface area contributed by atoms with Crippen LogP contribution >= 0.6 is 0 Å². The predicted octanol–water partition coefficient (Wildman–Crippen LogP) is 8.56. The normalized spacial score (nSPS) is 10.7. The van der Waals surface area contributed by atoms with Crippen LogP contribution in [0.25, 0.3) is 22.3 Å². The first-order valence-electron chi connectivity index (χ1n) is 13.3. The molecule has 0 aliphatic rings. The number of ether oxygens (including phenoxy) is 2. The molecule has 0 radical (unpaired) electrons. The highest BCUT2D eigenvalue weighted by Crippen LogP contribution is 2.42. The number of rotatable bonds is 16. The molecule has 0 saturated heterocycles. The third-order valence-electron chi connectivity index (χ3n) is 6.36. The number of carbonyl (C=O) groups excluding carboxylic acids is 2. The highest BCUT2D eigenvalue weighted by atomic mass is 16.5. The van der Waals surface area contributed by atoms with Crippen molar-refractivity contribution in [2.24, 2.45) is 0 Å². The van der Waals surface area contributed by atoms with E-state index in [2.05, 4.69) is 13.8 Å². The van der Waals surface area contributed by atoms with Gasteiger partial charge in [0.1, 0.15) is 0 Å². The zero-order valence-electron chi connectivity index (χ0n) is 21.6. The van der Waals surface area contributed by atoms with Crippen molar-refractivity contribution in [3.63, 3.8) is 0 Å². The zero-order valence-corrected chi connectivity index (χ0v) is 21.6. The Bertz CT molecular complexity index is 1100. The van der Waals surface area contributed by atoms with Crippen LogP contribution in [0.5, 0.6) is 11.5 Å². The van der Waals surface area contributed by atoms with E-state index in [9.17, 15) is 9.59 Å². The van der Waals surface area contributed by atoms with E-state index in [0.29, 0.717) is 35.8 Å². The lowest BCUT2D eigenvalue weighted by Gasteiger charge is -2.20. The Balaban J connectivity index is 2.07. The smallest absolute Gasteiger partial charge is 0.172 e. The Morgan fingerprint density at radius 1 is 0.611 bits per heavy atom. The number of hydrogen-bond acceptors (Lipinski definition) is 4. The van der Waals surface area contributed by atoms with Crippen LogP contribution in [0.4, 0.5) is 0 Å². The van der Waals surface area contributed by atoms with E-state index < -0.39 is 0 Å². The maximum atomic E-state index is 12.4. The third-order valence-corrected chi connectivity index (χ3v) is 6.36. The first kappa shape index (κ1) is 27.2. The minimum Gasteiger partial charge on any atom is -0.490 e. The average Bonchev–Trinajstić information content (AvgIpc) is 2.93. The molecule has 190 valence electrons. The fourth-order valence-electron chi connectivity index (χ4n) is 4.40. The Labute approximate surface area is 215 Å². The first-order chi connectivity index (χ1) is 17.7. The molecule has 0 amide bonds. The van der Waals surface area contributed by atoms with Gasteiger partial charge in [-0.05, 0) is 41.2 Å². The van der Waals surface area contributed by atoms with Crippen molar-refractivity contribution < 1.29 is 19.1 Å². The van der Waals surface area contributed by atoms with Gasteiger partial charge in [0, 0.05) is 5.56 Å². The van der Waals surface area contributed by atoms with Crippen LogP contribution in [0.2, 0.25) is 0 Å². The van der Waals surface area contributed by atoms with Gasteiger partial charge in [-0.3, -0.25) is 9.59 Å². The van der Waals surface area contributed by atoms with Crippen molar-refractivity contribution in [3.05, 3.63) is 71.8 Å². The molecule has 0 aliphatic carbocycles. The van der Waals surface area contributed by atoms with Crippen LogP contribution in [-0.4, -0.2) is 25.8 Å². The predicted molar refractivity (Wildman–Crippen MR) is 147 cm³/mol. The second-order valence-corrected chi connectivity index (χ2v) is 9.04. The molecular weight excluding hydrogens is 448 g/mol.